The van der Waals surface area contributed by atoms with Gasteiger partial charge in [-0.3, -0.25) is 4.79 Å². The van der Waals surface area contributed by atoms with Crippen LogP contribution in [-0.4, -0.2) is 12.1 Å². The molecule has 0 spiro atoms. The number of H-pyrrole nitrogens is 1. The van der Waals surface area contributed by atoms with Crippen LogP contribution in [0.15, 0.2) is 16.9 Å². The van der Waals surface area contributed by atoms with Crippen molar-refractivity contribution in [2.45, 2.75) is 6.18 Å². The summed E-state index contributed by atoms with van der Waals surface area (Å²) in [6.45, 7) is 0. The van der Waals surface area contributed by atoms with E-state index in [0.717, 1.165) is 7.11 Å². The molecule has 0 bridgehead atoms. The van der Waals surface area contributed by atoms with Crippen molar-refractivity contribution in [3.8, 4) is 29.0 Å². The van der Waals surface area contributed by atoms with Crippen LogP contribution in [0.5, 0.6) is 5.75 Å². The third-order valence-electron chi connectivity index (χ3n) is 3.32. The number of nitrogens with zero attached hydrogens (tertiary/aromatic N) is 2. The molecule has 25 heavy (non-hydrogen) atoms. The van der Waals surface area contributed by atoms with Crippen LogP contribution in [-0.2, 0) is 6.18 Å². The smallest absolute Gasteiger partial charge is 0.416 e. The molecule has 0 aliphatic rings. The zero-order valence-corrected chi connectivity index (χ0v) is 12.5. The minimum Gasteiger partial charge on any atom is -0.496 e. The van der Waals surface area contributed by atoms with E-state index in [1.165, 1.54) is 6.07 Å². The first-order valence-electron chi connectivity index (χ1n) is 6.46. The van der Waals surface area contributed by atoms with Crippen molar-refractivity contribution in [3.05, 3.63) is 45.0 Å². The fraction of sp³-hybridized carbons (Fsp3) is 0.133. The highest BCUT2D eigenvalue weighted by Gasteiger charge is 2.34. The van der Waals surface area contributed by atoms with Gasteiger partial charge in [-0.05, 0) is 12.1 Å². The molecule has 10 heteroatoms. The second-order valence-electron chi connectivity index (χ2n) is 4.75. The van der Waals surface area contributed by atoms with Gasteiger partial charge in [0.25, 0.3) is 5.56 Å². The quantitative estimate of drug-likeness (QED) is 0.806. The van der Waals surface area contributed by atoms with Crippen molar-refractivity contribution in [3.63, 3.8) is 0 Å². The molecule has 0 saturated carbocycles. The fourth-order valence-electron chi connectivity index (χ4n) is 2.24. The van der Waals surface area contributed by atoms with E-state index in [2.05, 4.69) is 0 Å². The zero-order chi connectivity index (χ0) is 18.9. The zero-order valence-electron chi connectivity index (χ0n) is 12.5. The summed E-state index contributed by atoms with van der Waals surface area (Å²) in [5.41, 5.74) is 0.839. The van der Waals surface area contributed by atoms with Gasteiger partial charge in [0.1, 0.15) is 40.6 Å². The average molecular weight is 352 g/mol. The number of aromatic amines is 1. The van der Waals surface area contributed by atoms with E-state index in [1.807, 2.05) is 4.98 Å². The molecule has 0 fully saturated rings. The molecule has 2 rings (SSSR count). The van der Waals surface area contributed by atoms with E-state index in [-0.39, 0.29) is 6.07 Å². The van der Waals surface area contributed by atoms with Crippen molar-refractivity contribution in [2.24, 2.45) is 0 Å². The first-order valence-corrected chi connectivity index (χ1v) is 6.46. The third-order valence-corrected chi connectivity index (χ3v) is 3.32. The predicted octanol–water partition coefficient (Wildman–Crippen LogP) is 2.53. The standard InChI is InChI=1S/C15H8F4N4O2/c1-25-10-3-6(15(17,18)19)2-9(16)12(10)11-7(4-20)13(22)23-14(24)8(11)5-21/h2-3H,1H3,(H3,22,23,24). The Morgan fingerprint density at radius 2 is 1.76 bits per heavy atom. The Labute approximate surface area is 137 Å². The summed E-state index contributed by atoms with van der Waals surface area (Å²) in [6.07, 6.45) is -4.85. The van der Waals surface area contributed by atoms with Crippen molar-refractivity contribution >= 4 is 5.82 Å². The number of pyridine rings is 1. The van der Waals surface area contributed by atoms with Crippen LogP contribution in [0.3, 0.4) is 0 Å². The molecule has 0 aliphatic heterocycles. The number of hydrogen-bond acceptors (Lipinski definition) is 5. The number of nitrogen functional groups attached to an aromatic ring is 1. The number of halogens is 4. The largest absolute Gasteiger partial charge is 0.496 e. The molecule has 1 aromatic heterocycles. The first kappa shape index (κ1) is 17.8. The molecule has 0 atom stereocenters. The predicted molar refractivity (Wildman–Crippen MR) is 77.9 cm³/mol. The number of rotatable bonds is 2. The minimum absolute atomic E-state index is 0.178. The van der Waals surface area contributed by atoms with Gasteiger partial charge in [0.05, 0.1) is 18.2 Å². The third kappa shape index (κ3) is 2.97. The summed E-state index contributed by atoms with van der Waals surface area (Å²) in [5.74, 6) is -2.49. The van der Waals surface area contributed by atoms with Crippen LogP contribution < -0.4 is 16.0 Å². The van der Waals surface area contributed by atoms with E-state index < -0.39 is 56.9 Å². The molecular formula is C15H8F4N4O2. The van der Waals surface area contributed by atoms with Gasteiger partial charge in [-0.25, -0.2) is 4.39 Å². The lowest BCUT2D eigenvalue weighted by atomic mass is 9.94. The number of nitrogens with two attached hydrogens (primary N) is 1. The van der Waals surface area contributed by atoms with E-state index >= 15 is 0 Å². The maximum Gasteiger partial charge on any atom is 0.416 e. The molecule has 0 aliphatic carbocycles. The highest BCUT2D eigenvalue weighted by molar-refractivity contribution is 5.84. The SMILES string of the molecule is COc1cc(C(F)(F)F)cc(F)c1-c1c(C#N)c(N)[nH]c(=O)c1C#N. The van der Waals surface area contributed by atoms with Crippen molar-refractivity contribution in [1.82, 2.24) is 4.98 Å². The number of nitrogens with one attached hydrogen (secondary N) is 1. The first-order chi connectivity index (χ1) is 11.6. The Bertz CT molecular complexity index is 997. The minimum atomic E-state index is -4.85. The van der Waals surface area contributed by atoms with Gasteiger partial charge in [0.2, 0.25) is 0 Å². The molecule has 3 N–H and O–H groups in total. The average Bonchev–Trinajstić information content (AvgIpc) is 2.52. The molecule has 2 aromatic rings. The highest BCUT2D eigenvalue weighted by Crippen LogP contribution is 2.41. The lowest BCUT2D eigenvalue weighted by molar-refractivity contribution is -0.137. The summed E-state index contributed by atoms with van der Waals surface area (Å²) in [5, 5.41) is 18.4. The van der Waals surface area contributed by atoms with Crippen LogP contribution in [0.4, 0.5) is 23.4 Å². The summed E-state index contributed by atoms with van der Waals surface area (Å²) in [7, 11) is 0.979. The van der Waals surface area contributed by atoms with Crippen LogP contribution in [0.25, 0.3) is 11.1 Å². The van der Waals surface area contributed by atoms with E-state index in [9.17, 15) is 27.6 Å². The molecular weight excluding hydrogens is 344 g/mol. The number of aromatic nitrogens is 1. The van der Waals surface area contributed by atoms with E-state index in [1.54, 1.807) is 6.07 Å². The summed E-state index contributed by atoms with van der Waals surface area (Å²) < 4.78 is 57.7. The second-order valence-corrected chi connectivity index (χ2v) is 4.75. The van der Waals surface area contributed by atoms with Gasteiger partial charge in [0, 0.05) is 5.56 Å². The van der Waals surface area contributed by atoms with Gasteiger partial charge in [-0.15, -0.1) is 0 Å². The Kier molecular flexibility index (Phi) is 4.40. The Morgan fingerprint density at radius 1 is 1.16 bits per heavy atom. The van der Waals surface area contributed by atoms with Gasteiger partial charge < -0.3 is 15.5 Å². The van der Waals surface area contributed by atoms with Crippen molar-refractivity contribution in [1.29, 1.82) is 10.5 Å². The summed E-state index contributed by atoms with van der Waals surface area (Å²) in [6, 6.07) is 3.77. The fourth-order valence-corrected chi connectivity index (χ4v) is 2.24. The monoisotopic (exact) mass is 352 g/mol. The normalized spacial score (nSPS) is 10.8. The second kappa shape index (κ2) is 6.17. The number of nitriles is 2. The molecule has 0 radical (unpaired) electrons. The summed E-state index contributed by atoms with van der Waals surface area (Å²) in [4.78, 5) is 13.9. The number of anilines is 1. The lowest BCUT2D eigenvalue weighted by Crippen LogP contribution is -2.17. The van der Waals surface area contributed by atoms with E-state index in [0.29, 0.717) is 6.07 Å². The van der Waals surface area contributed by atoms with Crippen LogP contribution in [0, 0.1) is 28.5 Å². The maximum atomic E-state index is 14.5. The molecule has 0 amide bonds. The van der Waals surface area contributed by atoms with Crippen molar-refractivity contribution in [2.75, 3.05) is 12.8 Å². The Morgan fingerprint density at radius 3 is 2.24 bits per heavy atom. The molecule has 1 aromatic carbocycles. The molecule has 6 nitrogen and oxygen atoms in total. The number of hydrogen-bond donors (Lipinski definition) is 2. The molecule has 0 saturated heterocycles. The molecule has 0 unspecified atom stereocenters. The topological polar surface area (TPSA) is 116 Å². The highest BCUT2D eigenvalue weighted by atomic mass is 19.4. The van der Waals surface area contributed by atoms with Gasteiger partial charge in [0.15, 0.2) is 0 Å². The molecule has 1 heterocycles. The number of alkyl halides is 3. The summed E-state index contributed by atoms with van der Waals surface area (Å²) >= 11 is 0. The van der Waals surface area contributed by atoms with Crippen LogP contribution >= 0.6 is 0 Å². The van der Waals surface area contributed by atoms with E-state index in [4.69, 9.17) is 15.7 Å². The number of benzene rings is 1. The van der Waals surface area contributed by atoms with Crippen LogP contribution in [0.2, 0.25) is 0 Å². The van der Waals surface area contributed by atoms with Gasteiger partial charge >= 0.3 is 6.18 Å². The molecule has 128 valence electrons. The Hall–Kier alpha value is -3.53. The van der Waals surface area contributed by atoms with Crippen LogP contribution in [0.1, 0.15) is 16.7 Å². The Balaban J connectivity index is 3.01. The van der Waals surface area contributed by atoms with Crippen molar-refractivity contribution < 1.29 is 22.3 Å². The number of ether oxygens (including phenoxy) is 1. The lowest BCUT2D eigenvalue weighted by Gasteiger charge is -2.16. The van der Waals surface area contributed by atoms with Gasteiger partial charge in [-0.1, -0.05) is 0 Å². The maximum absolute atomic E-state index is 14.5. The number of methoxy groups -OCH3 is 1. The van der Waals surface area contributed by atoms with Gasteiger partial charge in [-0.2, -0.15) is 23.7 Å².